The molecule has 0 atom stereocenters. The normalized spacial score (nSPS) is 9.61. The third-order valence-electron chi connectivity index (χ3n) is 1.99. The van der Waals surface area contributed by atoms with Gasteiger partial charge >= 0.3 is 11.9 Å². The van der Waals surface area contributed by atoms with Crippen LogP contribution >= 0.6 is 0 Å². The Labute approximate surface area is 103 Å². The van der Waals surface area contributed by atoms with Crippen molar-refractivity contribution < 1.29 is 29.3 Å². The minimum atomic E-state index is -1.30. The Balaban J connectivity index is 3.07. The molecule has 1 aromatic carbocycles. The van der Waals surface area contributed by atoms with Crippen molar-refractivity contribution in [1.29, 1.82) is 0 Å². The largest absolute Gasteiger partial charge is 0.478 e. The molecule has 0 aliphatic heterocycles. The summed E-state index contributed by atoms with van der Waals surface area (Å²) in [4.78, 5) is 32.8. The molecule has 0 aliphatic carbocycles. The zero-order valence-corrected chi connectivity index (χ0v) is 9.54. The van der Waals surface area contributed by atoms with Crippen molar-refractivity contribution in [2.75, 3.05) is 0 Å². The van der Waals surface area contributed by atoms with Crippen LogP contribution in [-0.4, -0.2) is 35.3 Å². The maximum atomic E-state index is 11.2. The van der Waals surface area contributed by atoms with Crippen molar-refractivity contribution in [3.63, 3.8) is 0 Å². The summed E-state index contributed by atoms with van der Waals surface area (Å²) in [7, 11) is 1.26. The Morgan fingerprint density at radius 1 is 1.11 bits per heavy atom. The summed E-state index contributed by atoms with van der Waals surface area (Å²) in [6.07, 6.45) is 0.462. The number of rotatable bonds is 5. The highest BCUT2D eigenvalue weighted by Gasteiger charge is 2.14. The molecule has 2 N–H and O–H groups in total. The van der Waals surface area contributed by atoms with Crippen molar-refractivity contribution in [3.05, 3.63) is 29.3 Å². The van der Waals surface area contributed by atoms with Gasteiger partial charge < -0.3 is 14.9 Å². The minimum absolute atomic E-state index is 0.109. The molecule has 7 heteroatoms. The van der Waals surface area contributed by atoms with E-state index in [-0.39, 0.29) is 16.9 Å². The molecule has 0 saturated carbocycles. The lowest BCUT2D eigenvalue weighted by Gasteiger charge is -2.06. The fourth-order valence-electron chi connectivity index (χ4n) is 1.23. The van der Waals surface area contributed by atoms with E-state index in [2.05, 4.69) is 0 Å². The maximum absolute atomic E-state index is 11.2. The van der Waals surface area contributed by atoms with Crippen molar-refractivity contribution in [1.82, 2.24) is 0 Å². The van der Waals surface area contributed by atoms with Crippen molar-refractivity contribution in [3.8, 4) is 5.75 Å². The molecular weight excluding hydrogens is 239 g/mol. The molecule has 0 aliphatic rings. The van der Waals surface area contributed by atoms with Crippen LogP contribution in [0.1, 0.15) is 27.6 Å². The first-order chi connectivity index (χ1) is 8.43. The number of aromatic carboxylic acids is 2. The average Bonchev–Trinajstić information content (AvgIpc) is 2.28. The van der Waals surface area contributed by atoms with Crippen molar-refractivity contribution >= 4 is 25.1 Å². The van der Waals surface area contributed by atoms with E-state index >= 15 is 0 Å². The zero-order chi connectivity index (χ0) is 13.7. The van der Waals surface area contributed by atoms with Crippen LogP contribution in [0.5, 0.6) is 5.75 Å². The van der Waals surface area contributed by atoms with Crippen LogP contribution in [0.2, 0.25) is 6.32 Å². The first kappa shape index (κ1) is 13.8. The van der Waals surface area contributed by atoms with Crippen LogP contribution in [0.15, 0.2) is 18.2 Å². The second kappa shape index (κ2) is 5.86. The molecular formula is C11H10BO6. The van der Waals surface area contributed by atoms with E-state index in [1.54, 1.807) is 6.92 Å². The number of carbonyl (C=O) groups is 3. The molecule has 93 valence electrons. The predicted molar refractivity (Wildman–Crippen MR) is 62.6 cm³/mol. The van der Waals surface area contributed by atoms with E-state index in [1.807, 2.05) is 0 Å². The standard InChI is InChI=1S/C11H10BO6/c1-2-12-11(17)18-8-4-6(9(13)14)3-7(5-8)10(15)16/h3-5H,2H2,1H3,(H,13,14)(H,15,16). The van der Waals surface area contributed by atoms with Crippen molar-refractivity contribution in [2.24, 2.45) is 0 Å². The van der Waals surface area contributed by atoms with Gasteiger partial charge in [-0.15, -0.1) is 0 Å². The fourth-order valence-corrected chi connectivity index (χ4v) is 1.23. The summed E-state index contributed by atoms with van der Waals surface area (Å²) < 4.78 is 4.82. The van der Waals surface area contributed by atoms with E-state index in [9.17, 15) is 14.4 Å². The van der Waals surface area contributed by atoms with Gasteiger partial charge in [-0.05, 0) is 18.2 Å². The fraction of sp³-hybridized carbons (Fsp3) is 0.182. The van der Waals surface area contributed by atoms with Gasteiger partial charge in [0.25, 0.3) is 7.28 Å². The molecule has 0 aromatic heterocycles. The van der Waals surface area contributed by atoms with Gasteiger partial charge in [0.15, 0.2) is 0 Å². The summed E-state index contributed by atoms with van der Waals surface area (Å²) in [6.45, 7) is 1.73. The first-order valence-electron chi connectivity index (χ1n) is 5.10. The maximum Gasteiger partial charge on any atom is 0.335 e. The van der Waals surface area contributed by atoms with Gasteiger partial charge in [-0.1, -0.05) is 13.2 Å². The van der Waals surface area contributed by atoms with E-state index < -0.39 is 17.8 Å². The summed E-state index contributed by atoms with van der Waals surface area (Å²) in [5.41, 5.74) is -0.511. The second-order valence-electron chi connectivity index (χ2n) is 3.39. The molecule has 0 unspecified atom stereocenters. The van der Waals surface area contributed by atoms with E-state index in [1.165, 1.54) is 7.28 Å². The monoisotopic (exact) mass is 249 g/mol. The molecule has 0 bridgehead atoms. The van der Waals surface area contributed by atoms with Crippen LogP contribution in [0, 0.1) is 0 Å². The van der Waals surface area contributed by atoms with E-state index in [0.717, 1.165) is 18.2 Å². The molecule has 1 radical (unpaired) electrons. The third-order valence-corrected chi connectivity index (χ3v) is 1.99. The molecule has 1 rings (SSSR count). The molecule has 1 aromatic rings. The molecule has 18 heavy (non-hydrogen) atoms. The highest BCUT2D eigenvalue weighted by atomic mass is 16.5. The van der Waals surface area contributed by atoms with Crippen molar-refractivity contribution in [2.45, 2.75) is 13.2 Å². The van der Waals surface area contributed by atoms with Crippen LogP contribution in [0.3, 0.4) is 0 Å². The summed E-state index contributed by atoms with van der Waals surface area (Å²) >= 11 is 0. The van der Waals surface area contributed by atoms with Gasteiger partial charge in [-0.3, -0.25) is 4.79 Å². The number of hydrogen-bond donors (Lipinski definition) is 2. The zero-order valence-electron chi connectivity index (χ0n) is 9.54. The molecule has 6 nitrogen and oxygen atoms in total. The summed E-state index contributed by atoms with van der Waals surface area (Å²) in [5, 5.41) is 17.6. The average molecular weight is 249 g/mol. The lowest BCUT2D eigenvalue weighted by Crippen LogP contribution is -2.14. The highest BCUT2D eigenvalue weighted by Crippen LogP contribution is 2.18. The Kier molecular flexibility index (Phi) is 4.48. The summed E-state index contributed by atoms with van der Waals surface area (Å²) in [6, 6.07) is 3.18. The SMILES string of the molecule is CC[B]C(=O)Oc1cc(C(=O)O)cc(C(=O)O)c1. The molecule has 0 saturated heterocycles. The molecule has 0 amide bonds. The topological polar surface area (TPSA) is 101 Å². The van der Waals surface area contributed by atoms with Gasteiger partial charge in [0.1, 0.15) is 5.75 Å². The Morgan fingerprint density at radius 3 is 2.00 bits per heavy atom. The molecule has 0 heterocycles. The lowest BCUT2D eigenvalue weighted by molar-refractivity contribution is 0.0696. The highest BCUT2D eigenvalue weighted by molar-refractivity contribution is 6.72. The quantitative estimate of drug-likeness (QED) is 0.770. The number of carboxylic acid groups (broad SMARTS) is 2. The molecule has 0 spiro atoms. The number of hydrogen-bond acceptors (Lipinski definition) is 4. The number of ether oxygens (including phenoxy) is 1. The van der Waals surface area contributed by atoms with Gasteiger partial charge in [0, 0.05) is 0 Å². The van der Waals surface area contributed by atoms with Crippen LogP contribution in [0.4, 0.5) is 4.79 Å². The lowest BCUT2D eigenvalue weighted by atomic mass is 9.76. The van der Waals surface area contributed by atoms with Crippen LogP contribution in [0.25, 0.3) is 0 Å². The number of carboxylic acids is 2. The number of benzene rings is 1. The third kappa shape index (κ3) is 3.62. The van der Waals surface area contributed by atoms with Gasteiger partial charge in [0.05, 0.1) is 11.1 Å². The first-order valence-corrected chi connectivity index (χ1v) is 5.10. The van der Waals surface area contributed by atoms with E-state index in [0.29, 0.717) is 6.32 Å². The second-order valence-corrected chi connectivity index (χ2v) is 3.39. The smallest absolute Gasteiger partial charge is 0.335 e. The van der Waals surface area contributed by atoms with E-state index in [4.69, 9.17) is 14.9 Å². The van der Waals surface area contributed by atoms with Crippen LogP contribution in [-0.2, 0) is 0 Å². The van der Waals surface area contributed by atoms with Gasteiger partial charge in [-0.2, -0.15) is 0 Å². The Hall–Kier alpha value is -2.31. The molecule has 0 fully saturated rings. The summed E-state index contributed by atoms with van der Waals surface area (Å²) in [5.74, 6) is -3.36. The minimum Gasteiger partial charge on any atom is -0.478 e. The Morgan fingerprint density at radius 2 is 1.61 bits per heavy atom. The van der Waals surface area contributed by atoms with Gasteiger partial charge in [0.2, 0.25) is 5.87 Å². The van der Waals surface area contributed by atoms with Gasteiger partial charge in [-0.25, -0.2) is 9.59 Å². The Bertz CT molecular complexity index is 464. The predicted octanol–water partition coefficient (Wildman–Crippen LogP) is 1.72. The van der Waals surface area contributed by atoms with Crippen LogP contribution < -0.4 is 4.74 Å². The number of carbonyl (C=O) groups excluding carboxylic acids is 1.